The second kappa shape index (κ2) is 4.47. The maximum atomic E-state index is 12.1. The molecular weight excluding hydrogens is 190 g/mol. The molecule has 1 N–H and O–H groups in total. The van der Waals surface area contributed by atoms with E-state index < -0.39 is 0 Å². The van der Waals surface area contributed by atoms with Crippen molar-refractivity contribution in [3.63, 3.8) is 0 Å². The van der Waals surface area contributed by atoms with Crippen molar-refractivity contribution < 1.29 is 4.79 Å². The smallest absolute Gasteiger partial charge is 0.257 e. The summed E-state index contributed by atoms with van der Waals surface area (Å²) in [5.41, 5.74) is 0.670. The molecule has 4 heteroatoms. The van der Waals surface area contributed by atoms with Gasteiger partial charge >= 0.3 is 0 Å². The van der Waals surface area contributed by atoms with Gasteiger partial charge in [-0.1, -0.05) is 12.8 Å². The van der Waals surface area contributed by atoms with E-state index in [4.69, 9.17) is 0 Å². The van der Waals surface area contributed by atoms with Gasteiger partial charge in [-0.15, -0.1) is 0 Å². The third-order valence-corrected chi connectivity index (χ3v) is 3.11. The first-order chi connectivity index (χ1) is 7.33. The van der Waals surface area contributed by atoms with Crippen molar-refractivity contribution in [1.82, 2.24) is 15.1 Å². The van der Waals surface area contributed by atoms with E-state index in [9.17, 15) is 4.79 Å². The average Bonchev–Trinajstić information content (AvgIpc) is 2.91. The lowest BCUT2D eigenvalue weighted by Gasteiger charge is -2.27. The molecule has 15 heavy (non-hydrogen) atoms. The molecule has 1 heterocycles. The standard InChI is InChI=1S/C11H17N3O/c1-2-14(10-5-3-4-6-10)11(15)9-7-12-13-8-9/h7-8,10H,2-6H2,1H3,(H,12,13). The van der Waals surface area contributed by atoms with Gasteiger partial charge in [0, 0.05) is 18.8 Å². The fourth-order valence-electron chi connectivity index (χ4n) is 2.32. The van der Waals surface area contributed by atoms with Gasteiger partial charge in [0.1, 0.15) is 0 Å². The Bertz CT molecular complexity index is 315. The van der Waals surface area contributed by atoms with Crippen LogP contribution >= 0.6 is 0 Å². The number of H-pyrrole nitrogens is 1. The first-order valence-electron chi connectivity index (χ1n) is 5.62. The Morgan fingerprint density at radius 1 is 1.60 bits per heavy atom. The van der Waals surface area contributed by atoms with Gasteiger partial charge in [-0.3, -0.25) is 9.89 Å². The molecule has 0 spiro atoms. The number of carbonyl (C=O) groups is 1. The van der Waals surface area contributed by atoms with E-state index in [0.29, 0.717) is 11.6 Å². The quantitative estimate of drug-likeness (QED) is 0.821. The molecule has 82 valence electrons. The molecule has 0 saturated heterocycles. The summed E-state index contributed by atoms with van der Waals surface area (Å²) in [5.74, 6) is 0.109. The third kappa shape index (κ3) is 2.03. The molecule has 2 rings (SSSR count). The Kier molecular flexibility index (Phi) is 3.04. The highest BCUT2D eigenvalue weighted by atomic mass is 16.2. The number of rotatable bonds is 3. The van der Waals surface area contributed by atoms with Crippen molar-refractivity contribution >= 4 is 5.91 Å². The largest absolute Gasteiger partial charge is 0.336 e. The molecule has 4 nitrogen and oxygen atoms in total. The van der Waals surface area contributed by atoms with E-state index in [1.54, 1.807) is 12.4 Å². The van der Waals surface area contributed by atoms with E-state index in [1.165, 1.54) is 12.8 Å². The van der Waals surface area contributed by atoms with Crippen molar-refractivity contribution in [2.24, 2.45) is 0 Å². The summed E-state index contributed by atoms with van der Waals surface area (Å²) in [6.07, 6.45) is 8.06. The fourth-order valence-corrected chi connectivity index (χ4v) is 2.32. The predicted molar refractivity (Wildman–Crippen MR) is 57.6 cm³/mol. The minimum atomic E-state index is 0.109. The minimum absolute atomic E-state index is 0.109. The zero-order chi connectivity index (χ0) is 10.7. The maximum absolute atomic E-state index is 12.1. The first kappa shape index (κ1) is 10.2. The van der Waals surface area contributed by atoms with Crippen molar-refractivity contribution in [3.05, 3.63) is 18.0 Å². The highest BCUT2D eigenvalue weighted by molar-refractivity contribution is 5.93. The van der Waals surface area contributed by atoms with Gasteiger partial charge in [0.05, 0.1) is 11.8 Å². The van der Waals surface area contributed by atoms with Gasteiger partial charge in [-0.05, 0) is 19.8 Å². The van der Waals surface area contributed by atoms with Crippen LogP contribution in [-0.2, 0) is 0 Å². The van der Waals surface area contributed by atoms with Crippen LogP contribution < -0.4 is 0 Å². The van der Waals surface area contributed by atoms with E-state index in [2.05, 4.69) is 10.2 Å². The van der Waals surface area contributed by atoms with Crippen molar-refractivity contribution in [2.45, 2.75) is 38.6 Å². The topological polar surface area (TPSA) is 49.0 Å². The summed E-state index contributed by atoms with van der Waals surface area (Å²) in [6, 6.07) is 0.442. The highest BCUT2D eigenvalue weighted by Crippen LogP contribution is 2.24. The number of carbonyl (C=O) groups excluding carboxylic acids is 1. The summed E-state index contributed by atoms with van der Waals surface area (Å²) in [6.45, 7) is 2.82. The van der Waals surface area contributed by atoms with Gasteiger partial charge in [-0.2, -0.15) is 5.10 Å². The first-order valence-corrected chi connectivity index (χ1v) is 5.62. The SMILES string of the molecule is CCN(C(=O)c1cn[nH]c1)C1CCCC1. The molecule has 1 fully saturated rings. The number of amides is 1. The van der Waals surface area contributed by atoms with Crippen LogP contribution in [0.15, 0.2) is 12.4 Å². The van der Waals surface area contributed by atoms with Gasteiger partial charge in [0.25, 0.3) is 5.91 Å². The molecule has 0 unspecified atom stereocenters. The molecule has 1 aliphatic carbocycles. The fraction of sp³-hybridized carbons (Fsp3) is 0.636. The minimum Gasteiger partial charge on any atom is -0.336 e. The van der Waals surface area contributed by atoms with Gasteiger partial charge in [0.2, 0.25) is 0 Å². The molecule has 0 radical (unpaired) electrons. The van der Waals surface area contributed by atoms with Crippen LogP contribution in [0.2, 0.25) is 0 Å². The summed E-state index contributed by atoms with van der Waals surface area (Å²) in [7, 11) is 0. The number of nitrogens with zero attached hydrogens (tertiary/aromatic N) is 2. The van der Waals surface area contributed by atoms with Crippen LogP contribution in [0.3, 0.4) is 0 Å². The number of hydrogen-bond acceptors (Lipinski definition) is 2. The van der Waals surface area contributed by atoms with Gasteiger partial charge in [-0.25, -0.2) is 0 Å². The lowest BCUT2D eigenvalue weighted by Crippen LogP contribution is -2.38. The third-order valence-electron chi connectivity index (χ3n) is 3.11. The second-order valence-corrected chi connectivity index (χ2v) is 4.02. The molecule has 1 aromatic rings. The van der Waals surface area contributed by atoms with Crippen molar-refractivity contribution in [2.75, 3.05) is 6.54 Å². The highest BCUT2D eigenvalue weighted by Gasteiger charge is 2.26. The van der Waals surface area contributed by atoms with Crippen LogP contribution in [0.1, 0.15) is 43.0 Å². The monoisotopic (exact) mass is 207 g/mol. The molecule has 0 aromatic carbocycles. The average molecular weight is 207 g/mol. The number of hydrogen-bond donors (Lipinski definition) is 1. The Hall–Kier alpha value is -1.32. The molecule has 1 saturated carbocycles. The van der Waals surface area contributed by atoms with Crippen LogP contribution in [0.25, 0.3) is 0 Å². The molecule has 0 atom stereocenters. The zero-order valence-electron chi connectivity index (χ0n) is 9.07. The van der Waals surface area contributed by atoms with E-state index in [1.807, 2.05) is 11.8 Å². The number of aromatic amines is 1. The number of nitrogens with one attached hydrogen (secondary N) is 1. The molecule has 1 aliphatic rings. The van der Waals surface area contributed by atoms with Gasteiger partial charge < -0.3 is 4.90 Å². The summed E-state index contributed by atoms with van der Waals surface area (Å²) >= 11 is 0. The van der Waals surface area contributed by atoms with E-state index in [-0.39, 0.29) is 5.91 Å². The Labute approximate surface area is 89.7 Å². The van der Waals surface area contributed by atoms with Crippen molar-refractivity contribution in [3.8, 4) is 0 Å². The maximum Gasteiger partial charge on any atom is 0.257 e. The summed E-state index contributed by atoms with van der Waals surface area (Å²) in [4.78, 5) is 14.1. The van der Waals surface area contributed by atoms with Crippen LogP contribution in [0, 0.1) is 0 Å². The molecule has 0 aliphatic heterocycles. The number of aromatic nitrogens is 2. The van der Waals surface area contributed by atoms with Crippen molar-refractivity contribution in [1.29, 1.82) is 0 Å². The summed E-state index contributed by atoms with van der Waals surface area (Å²) in [5, 5.41) is 6.50. The molecular formula is C11H17N3O. The van der Waals surface area contributed by atoms with Crippen LogP contribution in [0.4, 0.5) is 0 Å². The van der Waals surface area contributed by atoms with Crippen LogP contribution in [0.5, 0.6) is 0 Å². The normalized spacial score (nSPS) is 16.9. The van der Waals surface area contributed by atoms with Gasteiger partial charge in [0.15, 0.2) is 0 Å². The zero-order valence-corrected chi connectivity index (χ0v) is 9.07. The molecule has 1 aromatic heterocycles. The molecule has 0 bridgehead atoms. The Morgan fingerprint density at radius 2 is 2.33 bits per heavy atom. The lowest BCUT2D eigenvalue weighted by atomic mass is 10.2. The van der Waals surface area contributed by atoms with Crippen LogP contribution in [-0.4, -0.2) is 33.6 Å². The Morgan fingerprint density at radius 3 is 2.87 bits per heavy atom. The van der Waals surface area contributed by atoms with E-state index >= 15 is 0 Å². The van der Waals surface area contributed by atoms with E-state index in [0.717, 1.165) is 19.4 Å². The summed E-state index contributed by atoms with van der Waals surface area (Å²) < 4.78 is 0. The lowest BCUT2D eigenvalue weighted by molar-refractivity contribution is 0.0693. The molecule has 1 amide bonds. The Balaban J connectivity index is 2.09. The predicted octanol–water partition coefficient (Wildman–Crippen LogP) is 1.81. The second-order valence-electron chi connectivity index (χ2n) is 4.02.